The van der Waals surface area contributed by atoms with Gasteiger partial charge in [0, 0.05) is 34.4 Å². The second-order valence-electron chi connectivity index (χ2n) is 6.28. The highest BCUT2D eigenvalue weighted by atomic mass is 127. The molecule has 0 radical (unpaired) electrons. The summed E-state index contributed by atoms with van der Waals surface area (Å²) < 4.78 is 13.6. The van der Waals surface area contributed by atoms with Crippen LogP contribution in [-0.2, 0) is 17.3 Å². The Labute approximate surface area is 179 Å². The molecule has 1 fully saturated rings. The van der Waals surface area contributed by atoms with Crippen molar-refractivity contribution in [2.45, 2.75) is 57.4 Å². The largest absolute Gasteiger partial charge is 0.357 e. The van der Waals surface area contributed by atoms with Crippen LogP contribution in [0.3, 0.4) is 0 Å². The molecule has 1 aromatic heterocycles. The average molecular weight is 512 g/mol. The van der Waals surface area contributed by atoms with E-state index in [1.165, 1.54) is 17.1 Å². The van der Waals surface area contributed by atoms with Gasteiger partial charge in [-0.25, -0.2) is 0 Å². The molecule has 0 spiro atoms. The Hall–Kier alpha value is -1.24. The van der Waals surface area contributed by atoms with E-state index in [2.05, 4.69) is 20.7 Å². The molecular formula is C16H29IN6O3S. The first kappa shape index (κ1) is 23.8. The predicted octanol–water partition coefficient (Wildman–Crippen LogP) is 2.04. The van der Waals surface area contributed by atoms with Gasteiger partial charge in [0.1, 0.15) is 12.4 Å². The van der Waals surface area contributed by atoms with Gasteiger partial charge in [0.25, 0.3) is 0 Å². The number of nitrogens with one attached hydrogen (secondary N) is 2. The van der Waals surface area contributed by atoms with Crippen molar-refractivity contribution in [3.63, 3.8) is 0 Å². The number of nitrogens with zero attached hydrogens (tertiary/aromatic N) is 4. The zero-order chi connectivity index (χ0) is 18.9. The fourth-order valence-corrected chi connectivity index (χ4v) is 4.45. The molecule has 1 heterocycles. The molecule has 0 amide bonds. The summed E-state index contributed by atoms with van der Waals surface area (Å²) in [5, 5.41) is 21.6. The van der Waals surface area contributed by atoms with E-state index in [9.17, 15) is 14.3 Å². The summed E-state index contributed by atoms with van der Waals surface area (Å²) in [6.45, 7) is 5.65. The molecule has 0 saturated heterocycles. The summed E-state index contributed by atoms with van der Waals surface area (Å²) in [4.78, 5) is 14.8. The van der Waals surface area contributed by atoms with Crippen molar-refractivity contribution in [1.29, 1.82) is 0 Å². The number of halogens is 1. The lowest BCUT2D eigenvalue weighted by Gasteiger charge is -2.30. The van der Waals surface area contributed by atoms with Gasteiger partial charge in [-0.05, 0) is 26.2 Å². The van der Waals surface area contributed by atoms with E-state index in [0.717, 1.165) is 38.2 Å². The van der Waals surface area contributed by atoms with Crippen LogP contribution in [0, 0.1) is 10.1 Å². The van der Waals surface area contributed by atoms with Crippen LogP contribution in [0.15, 0.2) is 17.4 Å². The summed E-state index contributed by atoms with van der Waals surface area (Å²) in [5.41, 5.74) is -0.0174. The molecule has 154 valence electrons. The summed E-state index contributed by atoms with van der Waals surface area (Å²) in [6, 6.07) is 0.271. The van der Waals surface area contributed by atoms with Crippen molar-refractivity contribution in [3.05, 3.63) is 22.5 Å². The first-order valence-electron chi connectivity index (χ1n) is 9.12. The molecule has 3 atom stereocenters. The third-order valence-electron chi connectivity index (χ3n) is 4.40. The van der Waals surface area contributed by atoms with Crippen molar-refractivity contribution >= 4 is 46.4 Å². The zero-order valence-corrected chi connectivity index (χ0v) is 18.9. The summed E-state index contributed by atoms with van der Waals surface area (Å²) >= 11 is 0. The Bertz CT molecular complexity index is 654. The van der Waals surface area contributed by atoms with Gasteiger partial charge in [-0.2, -0.15) is 5.10 Å². The lowest BCUT2D eigenvalue weighted by atomic mass is 9.95. The van der Waals surface area contributed by atoms with Crippen LogP contribution in [0.1, 0.15) is 39.5 Å². The van der Waals surface area contributed by atoms with Gasteiger partial charge in [0.2, 0.25) is 0 Å². The minimum Gasteiger partial charge on any atom is -0.357 e. The van der Waals surface area contributed by atoms with Crippen LogP contribution in [0.25, 0.3) is 0 Å². The Kier molecular flexibility index (Phi) is 10.8. The number of rotatable bonds is 8. The molecule has 1 aliphatic rings. The minimum atomic E-state index is -0.751. The SMILES string of the molecule is CCNC(=NCCn1cc([N+](=O)[O-])cn1)NC1CCCC(S(=O)CC)C1.I. The maximum absolute atomic E-state index is 12.1. The van der Waals surface area contributed by atoms with Crippen molar-refractivity contribution in [2.24, 2.45) is 4.99 Å². The lowest BCUT2D eigenvalue weighted by Crippen LogP contribution is -2.46. The van der Waals surface area contributed by atoms with Crippen LogP contribution < -0.4 is 10.6 Å². The second kappa shape index (κ2) is 12.3. The van der Waals surface area contributed by atoms with Crippen LogP contribution >= 0.6 is 24.0 Å². The smallest absolute Gasteiger partial charge is 0.306 e. The molecule has 27 heavy (non-hydrogen) atoms. The molecule has 11 heteroatoms. The van der Waals surface area contributed by atoms with Crippen molar-refractivity contribution < 1.29 is 9.13 Å². The second-order valence-corrected chi connectivity index (χ2v) is 8.28. The maximum atomic E-state index is 12.1. The highest BCUT2D eigenvalue weighted by Gasteiger charge is 2.26. The van der Waals surface area contributed by atoms with Gasteiger partial charge in [0.15, 0.2) is 5.96 Å². The maximum Gasteiger partial charge on any atom is 0.306 e. The number of hydrogen-bond donors (Lipinski definition) is 2. The molecule has 1 aliphatic carbocycles. The summed E-state index contributed by atoms with van der Waals surface area (Å²) in [7, 11) is -0.751. The van der Waals surface area contributed by atoms with E-state index in [1.54, 1.807) is 0 Å². The van der Waals surface area contributed by atoms with Crippen molar-refractivity contribution in [2.75, 3.05) is 18.8 Å². The first-order valence-corrected chi connectivity index (χ1v) is 10.5. The topological polar surface area (TPSA) is 114 Å². The molecule has 1 aromatic rings. The molecule has 0 aromatic carbocycles. The van der Waals surface area contributed by atoms with E-state index in [-0.39, 0.29) is 41.0 Å². The normalized spacial score (nSPS) is 21.2. The zero-order valence-electron chi connectivity index (χ0n) is 15.8. The van der Waals surface area contributed by atoms with E-state index < -0.39 is 15.7 Å². The molecule has 3 unspecified atom stereocenters. The standard InChI is InChI=1S/C16H28N6O3S.HI/c1-3-17-16(18-8-9-21-12-14(11-19-21)22(23)24)20-13-6-5-7-15(10-13)26(25)4-2;/h11-13,15H,3-10H2,1-2H3,(H2,17,18,20);1H. The first-order chi connectivity index (χ1) is 12.5. The number of aromatic nitrogens is 2. The summed E-state index contributed by atoms with van der Waals surface area (Å²) in [6.07, 6.45) is 6.70. The molecule has 0 bridgehead atoms. The number of aliphatic imine (C=N–C) groups is 1. The predicted molar refractivity (Wildman–Crippen MR) is 118 cm³/mol. The van der Waals surface area contributed by atoms with Crippen LogP contribution in [0.4, 0.5) is 5.69 Å². The van der Waals surface area contributed by atoms with E-state index in [1.807, 2.05) is 13.8 Å². The number of nitro groups is 1. The highest BCUT2D eigenvalue weighted by molar-refractivity contribution is 14.0. The van der Waals surface area contributed by atoms with Gasteiger partial charge in [-0.3, -0.25) is 24.0 Å². The van der Waals surface area contributed by atoms with Gasteiger partial charge >= 0.3 is 5.69 Å². The number of hydrogen-bond acceptors (Lipinski definition) is 5. The Balaban J connectivity index is 0.00000364. The van der Waals surface area contributed by atoms with E-state index in [4.69, 9.17) is 0 Å². The lowest BCUT2D eigenvalue weighted by molar-refractivity contribution is -0.385. The van der Waals surface area contributed by atoms with Crippen molar-refractivity contribution in [3.8, 4) is 0 Å². The van der Waals surface area contributed by atoms with E-state index >= 15 is 0 Å². The molecule has 9 nitrogen and oxygen atoms in total. The van der Waals surface area contributed by atoms with Crippen molar-refractivity contribution in [1.82, 2.24) is 20.4 Å². The van der Waals surface area contributed by atoms with Gasteiger partial charge in [-0.1, -0.05) is 13.3 Å². The molecule has 2 N–H and O–H groups in total. The quantitative estimate of drug-likeness (QED) is 0.181. The fraction of sp³-hybridized carbons (Fsp3) is 0.750. The Morgan fingerprint density at radius 1 is 1.48 bits per heavy atom. The highest BCUT2D eigenvalue weighted by Crippen LogP contribution is 2.22. The fourth-order valence-electron chi connectivity index (χ4n) is 3.10. The van der Waals surface area contributed by atoms with E-state index in [0.29, 0.717) is 18.8 Å². The molecular weight excluding hydrogens is 483 g/mol. The molecule has 1 saturated carbocycles. The van der Waals surface area contributed by atoms with Crippen LogP contribution in [0.5, 0.6) is 0 Å². The molecule has 2 rings (SSSR count). The summed E-state index contributed by atoms with van der Waals surface area (Å²) in [5.74, 6) is 1.43. The van der Waals surface area contributed by atoms with Crippen LogP contribution in [0.2, 0.25) is 0 Å². The minimum absolute atomic E-state index is 0. The Morgan fingerprint density at radius 3 is 2.89 bits per heavy atom. The monoisotopic (exact) mass is 512 g/mol. The third-order valence-corrected chi connectivity index (χ3v) is 6.14. The number of guanidine groups is 1. The van der Waals surface area contributed by atoms with Gasteiger partial charge < -0.3 is 10.6 Å². The van der Waals surface area contributed by atoms with Crippen LogP contribution in [-0.4, -0.2) is 55.0 Å². The molecule has 0 aliphatic heterocycles. The third kappa shape index (κ3) is 7.72. The Morgan fingerprint density at radius 2 is 2.26 bits per heavy atom. The van der Waals surface area contributed by atoms with Gasteiger partial charge in [-0.15, -0.1) is 24.0 Å². The average Bonchev–Trinajstić information content (AvgIpc) is 3.10. The van der Waals surface area contributed by atoms with Gasteiger partial charge in [0.05, 0.1) is 18.0 Å².